The van der Waals surface area contributed by atoms with Crippen LogP contribution in [0.1, 0.15) is 13.8 Å². The van der Waals surface area contributed by atoms with Crippen molar-refractivity contribution in [3.63, 3.8) is 0 Å². The van der Waals surface area contributed by atoms with Crippen molar-refractivity contribution >= 4 is 12.0 Å². The van der Waals surface area contributed by atoms with Crippen LogP contribution < -0.4 is 0 Å². The minimum Gasteiger partial charge on any atom is -0.480 e. The summed E-state index contributed by atoms with van der Waals surface area (Å²) in [7, 11) is 0. The van der Waals surface area contributed by atoms with Crippen molar-refractivity contribution in [2.24, 2.45) is 0 Å². The molecule has 0 spiro atoms. The molecule has 0 aromatic rings. The van der Waals surface area contributed by atoms with E-state index in [1.165, 1.54) is 13.8 Å². The zero-order valence-corrected chi connectivity index (χ0v) is 11.1. The number of halogens is 6. The summed E-state index contributed by atoms with van der Waals surface area (Å²) < 4.78 is 73.9. The van der Waals surface area contributed by atoms with Gasteiger partial charge in [-0.2, -0.15) is 26.3 Å². The number of carboxylic acids is 1. The number of hydrogen-bond acceptors (Lipinski definition) is 2. The minimum atomic E-state index is -4.92. The molecular formula is C10H14F6N2O3. The number of carboxylic acid groups (broad SMARTS) is 1. The number of carbonyl (C=O) groups excluding carboxylic acids is 1. The van der Waals surface area contributed by atoms with Crippen molar-refractivity contribution in [2.45, 2.75) is 32.2 Å². The summed E-state index contributed by atoms with van der Waals surface area (Å²) in [5.74, 6) is -1.76. The molecule has 0 rings (SSSR count). The van der Waals surface area contributed by atoms with Crippen LogP contribution in [0.4, 0.5) is 31.1 Å². The molecule has 0 aliphatic rings. The Morgan fingerprint density at radius 3 is 1.71 bits per heavy atom. The van der Waals surface area contributed by atoms with Crippen molar-refractivity contribution < 1.29 is 41.0 Å². The Hall–Kier alpha value is -1.68. The number of carbonyl (C=O) groups is 2. The molecule has 0 unspecified atom stereocenters. The van der Waals surface area contributed by atoms with Crippen LogP contribution in [0.5, 0.6) is 0 Å². The summed E-state index contributed by atoms with van der Waals surface area (Å²) in [6, 6.07) is -2.69. The molecule has 1 N–H and O–H groups in total. The van der Waals surface area contributed by atoms with E-state index in [0.717, 1.165) is 0 Å². The number of rotatable bonds is 5. The summed E-state index contributed by atoms with van der Waals surface area (Å²) in [4.78, 5) is 22.2. The van der Waals surface area contributed by atoms with Gasteiger partial charge in [0.15, 0.2) is 0 Å². The van der Waals surface area contributed by atoms with Crippen molar-refractivity contribution in [1.82, 2.24) is 9.80 Å². The molecule has 0 saturated carbocycles. The second-order valence-electron chi connectivity index (χ2n) is 4.48. The van der Waals surface area contributed by atoms with Gasteiger partial charge in [-0.3, -0.25) is 4.79 Å². The van der Waals surface area contributed by atoms with E-state index in [-0.39, 0.29) is 9.80 Å². The van der Waals surface area contributed by atoms with Gasteiger partial charge in [-0.05, 0) is 13.8 Å². The fraction of sp³-hybridized carbons (Fsp3) is 0.800. The van der Waals surface area contributed by atoms with Crippen molar-refractivity contribution in [3.05, 3.63) is 0 Å². The number of hydrogen-bond donors (Lipinski definition) is 1. The second-order valence-corrected chi connectivity index (χ2v) is 4.48. The van der Waals surface area contributed by atoms with Gasteiger partial charge in [0.1, 0.15) is 19.6 Å². The monoisotopic (exact) mass is 324 g/mol. The van der Waals surface area contributed by atoms with E-state index in [2.05, 4.69) is 0 Å². The standard InChI is InChI=1S/C10H14F6N2O3/c1-6(2)18(5-10(14,15)16)8(21)17(3-7(19)20)4-9(11,12)13/h6H,3-5H2,1-2H3,(H,19,20). The van der Waals surface area contributed by atoms with Crippen LogP contribution in [0.2, 0.25) is 0 Å². The molecule has 0 saturated heterocycles. The van der Waals surface area contributed by atoms with Crippen LogP contribution in [-0.2, 0) is 4.79 Å². The van der Waals surface area contributed by atoms with Crippen LogP contribution in [0.25, 0.3) is 0 Å². The maximum atomic E-state index is 12.3. The van der Waals surface area contributed by atoms with Gasteiger partial charge in [-0.15, -0.1) is 0 Å². The zero-order valence-electron chi connectivity index (χ0n) is 11.1. The molecule has 0 aliphatic heterocycles. The summed E-state index contributed by atoms with van der Waals surface area (Å²) >= 11 is 0. The molecule has 0 radical (unpaired) electrons. The quantitative estimate of drug-likeness (QED) is 0.790. The van der Waals surface area contributed by atoms with Gasteiger partial charge in [-0.1, -0.05) is 0 Å². The zero-order chi connectivity index (χ0) is 17.0. The van der Waals surface area contributed by atoms with E-state index in [1.807, 2.05) is 0 Å². The molecule has 5 nitrogen and oxygen atoms in total. The van der Waals surface area contributed by atoms with Crippen LogP contribution in [-0.4, -0.2) is 64.9 Å². The molecule has 11 heteroatoms. The largest absolute Gasteiger partial charge is 0.480 e. The van der Waals surface area contributed by atoms with Gasteiger partial charge in [0, 0.05) is 6.04 Å². The third kappa shape index (κ3) is 8.25. The SMILES string of the molecule is CC(C)N(CC(F)(F)F)C(=O)N(CC(=O)O)CC(F)(F)F. The maximum Gasteiger partial charge on any atom is 0.406 e. The van der Waals surface area contributed by atoms with Crippen molar-refractivity contribution in [2.75, 3.05) is 19.6 Å². The Morgan fingerprint density at radius 1 is 1.00 bits per heavy atom. The van der Waals surface area contributed by atoms with E-state index in [1.54, 1.807) is 0 Å². The highest BCUT2D eigenvalue weighted by Gasteiger charge is 2.40. The average molecular weight is 324 g/mol. The van der Waals surface area contributed by atoms with Crippen LogP contribution >= 0.6 is 0 Å². The molecule has 0 heterocycles. The molecule has 0 aromatic carbocycles. The molecular weight excluding hydrogens is 310 g/mol. The third-order valence-corrected chi connectivity index (χ3v) is 2.19. The normalized spacial score (nSPS) is 12.4. The predicted octanol–water partition coefficient (Wildman–Crippen LogP) is 2.33. The summed E-state index contributed by atoms with van der Waals surface area (Å²) in [5, 5.41) is 8.48. The fourth-order valence-electron chi connectivity index (χ4n) is 1.42. The first-order chi connectivity index (χ1) is 9.23. The van der Waals surface area contributed by atoms with Crippen molar-refractivity contribution in [3.8, 4) is 0 Å². The molecule has 0 atom stereocenters. The van der Waals surface area contributed by atoms with Crippen LogP contribution in [0.3, 0.4) is 0 Å². The lowest BCUT2D eigenvalue weighted by molar-refractivity contribution is -0.155. The Labute approximate surface area is 116 Å². The summed E-state index contributed by atoms with van der Waals surface area (Å²) in [5.41, 5.74) is 0. The highest BCUT2D eigenvalue weighted by Crippen LogP contribution is 2.21. The fourth-order valence-corrected chi connectivity index (χ4v) is 1.42. The average Bonchev–Trinajstić information content (AvgIpc) is 2.19. The topological polar surface area (TPSA) is 60.9 Å². The lowest BCUT2D eigenvalue weighted by atomic mass is 10.3. The third-order valence-electron chi connectivity index (χ3n) is 2.19. The molecule has 2 amide bonds. The highest BCUT2D eigenvalue weighted by atomic mass is 19.4. The Balaban J connectivity index is 5.24. The number of urea groups is 1. The lowest BCUT2D eigenvalue weighted by Crippen LogP contribution is -2.53. The minimum absolute atomic E-state index is 0.134. The van der Waals surface area contributed by atoms with Gasteiger partial charge in [0.05, 0.1) is 0 Å². The van der Waals surface area contributed by atoms with Gasteiger partial charge in [0.2, 0.25) is 0 Å². The molecule has 0 aromatic heterocycles. The Morgan fingerprint density at radius 2 is 1.43 bits per heavy atom. The highest BCUT2D eigenvalue weighted by molar-refractivity contribution is 5.80. The number of alkyl halides is 6. The molecule has 124 valence electrons. The smallest absolute Gasteiger partial charge is 0.406 e. The van der Waals surface area contributed by atoms with Crippen LogP contribution in [0, 0.1) is 0 Å². The Bertz CT molecular complexity index is 380. The van der Waals surface area contributed by atoms with Crippen molar-refractivity contribution in [1.29, 1.82) is 0 Å². The van der Waals surface area contributed by atoms with Gasteiger partial charge < -0.3 is 14.9 Å². The summed E-state index contributed by atoms with van der Waals surface area (Å²) in [6.45, 7) is -2.71. The van der Waals surface area contributed by atoms with E-state index in [0.29, 0.717) is 0 Å². The van der Waals surface area contributed by atoms with Gasteiger partial charge in [-0.25, -0.2) is 4.79 Å². The molecule has 21 heavy (non-hydrogen) atoms. The van der Waals surface area contributed by atoms with Gasteiger partial charge >= 0.3 is 24.4 Å². The number of aliphatic carboxylic acids is 1. The first kappa shape index (κ1) is 19.3. The Kier molecular flexibility index (Phi) is 6.30. The molecule has 0 aliphatic carbocycles. The summed E-state index contributed by atoms with van der Waals surface area (Å²) in [6.07, 6.45) is -9.74. The van der Waals surface area contributed by atoms with Gasteiger partial charge in [0.25, 0.3) is 0 Å². The van der Waals surface area contributed by atoms with E-state index < -0.39 is 50.0 Å². The van der Waals surface area contributed by atoms with Crippen LogP contribution in [0.15, 0.2) is 0 Å². The van der Waals surface area contributed by atoms with E-state index in [4.69, 9.17) is 5.11 Å². The first-order valence-electron chi connectivity index (χ1n) is 5.64. The lowest BCUT2D eigenvalue weighted by Gasteiger charge is -2.33. The van der Waals surface area contributed by atoms with E-state index in [9.17, 15) is 35.9 Å². The van der Waals surface area contributed by atoms with E-state index >= 15 is 0 Å². The molecule has 0 fully saturated rings. The second kappa shape index (κ2) is 6.85. The number of amides is 2. The number of nitrogens with zero attached hydrogens (tertiary/aromatic N) is 2. The molecule has 0 bridgehead atoms. The first-order valence-corrected chi connectivity index (χ1v) is 5.64. The predicted molar refractivity (Wildman–Crippen MR) is 58.6 cm³/mol. The maximum absolute atomic E-state index is 12.3.